The normalized spacial score (nSPS) is 12.2. The summed E-state index contributed by atoms with van der Waals surface area (Å²) in [4.78, 5) is 18.6. The molecule has 0 aliphatic rings. The zero-order valence-electron chi connectivity index (χ0n) is 14.6. The van der Waals surface area contributed by atoms with E-state index in [0.717, 1.165) is 15.6 Å². The summed E-state index contributed by atoms with van der Waals surface area (Å²) >= 11 is 2.71. The van der Waals surface area contributed by atoms with Crippen molar-refractivity contribution in [1.29, 1.82) is 0 Å². The summed E-state index contributed by atoms with van der Waals surface area (Å²) in [6.45, 7) is 2.05. The number of aromatic nitrogens is 1. The number of thiophene rings is 1. The van der Waals surface area contributed by atoms with Crippen molar-refractivity contribution in [3.05, 3.63) is 40.1 Å². The lowest BCUT2D eigenvalue weighted by Gasteiger charge is -2.10. The highest BCUT2D eigenvalue weighted by Crippen LogP contribution is 2.27. The number of fused-ring (bicyclic) bond motifs is 1. The van der Waals surface area contributed by atoms with E-state index in [0.29, 0.717) is 16.3 Å². The Hall–Kier alpha value is -1.68. The van der Waals surface area contributed by atoms with Gasteiger partial charge in [0.1, 0.15) is 5.52 Å². The molecule has 26 heavy (non-hydrogen) atoms. The third-order valence-corrected chi connectivity index (χ3v) is 7.64. The van der Waals surface area contributed by atoms with E-state index < -0.39 is 10.0 Å². The van der Waals surface area contributed by atoms with Gasteiger partial charge in [-0.3, -0.25) is 4.79 Å². The average molecular weight is 411 g/mol. The number of Topliss-reactive ketones (excluding diaryl/α,β-unsaturated/α-hetero) is 1. The van der Waals surface area contributed by atoms with Crippen molar-refractivity contribution in [1.82, 2.24) is 9.29 Å². The number of sulfonamides is 1. The lowest BCUT2D eigenvalue weighted by molar-refractivity contribution is 0.102. The lowest BCUT2D eigenvalue weighted by atomic mass is 10.3. The first kappa shape index (κ1) is 19.1. The van der Waals surface area contributed by atoms with Gasteiger partial charge in [0.25, 0.3) is 5.22 Å². The van der Waals surface area contributed by atoms with Gasteiger partial charge in [0.15, 0.2) is 11.4 Å². The minimum atomic E-state index is -3.53. The Kier molecular flexibility index (Phi) is 5.52. The Morgan fingerprint density at radius 1 is 1.27 bits per heavy atom. The minimum absolute atomic E-state index is 0.0258. The van der Waals surface area contributed by atoms with Crippen molar-refractivity contribution >= 4 is 50.0 Å². The van der Waals surface area contributed by atoms with Gasteiger partial charge in [-0.05, 0) is 36.8 Å². The standard InChI is InChI=1S/C17H18N2O4S3/c1-4-11-5-8-16(25-11)14(20)10-24-17-18-13-9-12(6-7-15(13)23-17)26(21,22)19(2)3/h5-9H,4,10H2,1-3H3. The number of carbonyl (C=O) groups excluding carboxylic acids is 1. The second-order valence-electron chi connectivity index (χ2n) is 5.73. The molecule has 0 aliphatic carbocycles. The zero-order valence-corrected chi connectivity index (χ0v) is 17.0. The molecule has 0 atom stereocenters. The Balaban J connectivity index is 1.76. The second kappa shape index (κ2) is 7.51. The second-order valence-corrected chi connectivity index (χ2v) is 9.97. The molecule has 9 heteroatoms. The topological polar surface area (TPSA) is 80.5 Å². The molecule has 0 aliphatic heterocycles. The monoisotopic (exact) mass is 410 g/mol. The van der Waals surface area contributed by atoms with Gasteiger partial charge in [0.2, 0.25) is 10.0 Å². The van der Waals surface area contributed by atoms with Crippen molar-refractivity contribution in [2.75, 3.05) is 19.8 Å². The van der Waals surface area contributed by atoms with Crippen LogP contribution in [0.25, 0.3) is 11.1 Å². The van der Waals surface area contributed by atoms with Gasteiger partial charge in [0, 0.05) is 19.0 Å². The number of hydrogen-bond donors (Lipinski definition) is 0. The molecular weight excluding hydrogens is 392 g/mol. The highest BCUT2D eigenvalue weighted by Gasteiger charge is 2.19. The predicted octanol–water partition coefficient (Wildman–Crippen LogP) is 3.68. The van der Waals surface area contributed by atoms with Gasteiger partial charge in [-0.2, -0.15) is 0 Å². The van der Waals surface area contributed by atoms with Crippen molar-refractivity contribution in [3.63, 3.8) is 0 Å². The number of carbonyl (C=O) groups is 1. The highest BCUT2D eigenvalue weighted by atomic mass is 32.2. The molecule has 0 saturated heterocycles. The van der Waals surface area contributed by atoms with E-state index in [1.54, 1.807) is 6.07 Å². The van der Waals surface area contributed by atoms with Crippen molar-refractivity contribution in [2.24, 2.45) is 0 Å². The predicted molar refractivity (Wildman–Crippen MR) is 104 cm³/mol. The van der Waals surface area contributed by atoms with E-state index >= 15 is 0 Å². The van der Waals surface area contributed by atoms with Crippen LogP contribution in [0.3, 0.4) is 0 Å². The van der Waals surface area contributed by atoms with E-state index in [1.807, 2.05) is 12.1 Å². The van der Waals surface area contributed by atoms with Crippen molar-refractivity contribution < 1.29 is 17.6 Å². The average Bonchev–Trinajstić information content (AvgIpc) is 3.25. The molecule has 1 aromatic carbocycles. The Morgan fingerprint density at radius 3 is 2.69 bits per heavy atom. The molecule has 0 bridgehead atoms. The minimum Gasteiger partial charge on any atom is -0.431 e. The van der Waals surface area contributed by atoms with Gasteiger partial charge in [-0.15, -0.1) is 11.3 Å². The third kappa shape index (κ3) is 3.85. The molecule has 0 radical (unpaired) electrons. The molecule has 138 valence electrons. The summed E-state index contributed by atoms with van der Waals surface area (Å²) < 4.78 is 31.2. The summed E-state index contributed by atoms with van der Waals surface area (Å²) in [5.74, 6) is 0.247. The summed E-state index contributed by atoms with van der Waals surface area (Å²) in [6, 6.07) is 8.36. The van der Waals surface area contributed by atoms with Crippen LogP contribution in [0.15, 0.2) is 44.9 Å². The molecule has 6 nitrogen and oxygen atoms in total. The van der Waals surface area contributed by atoms with E-state index in [1.165, 1.54) is 54.2 Å². The fourth-order valence-electron chi connectivity index (χ4n) is 2.24. The lowest BCUT2D eigenvalue weighted by Crippen LogP contribution is -2.22. The van der Waals surface area contributed by atoms with Crippen LogP contribution in [0.2, 0.25) is 0 Å². The van der Waals surface area contributed by atoms with Gasteiger partial charge < -0.3 is 4.42 Å². The van der Waals surface area contributed by atoms with Crippen LogP contribution in [0.5, 0.6) is 0 Å². The first-order chi connectivity index (χ1) is 12.3. The molecule has 3 rings (SSSR count). The number of ketones is 1. The molecule has 0 fully saturated rings. The molecular formula is C17H18N2O4S3. The SMILES string of the molecule is CCc1ccc(C(=O)CSc2nc3cc(S(=O)(=O)N(C)C)ccc3o2)s1. The summed E-state index contributed by atoms with van der Waals surface area (Å²) in [5.41, 5.74) is 0.939. The van der Waals surface area contributed by atoms with Gasteiger partial charge in [-0.25, -0.2) is 17.7 Å². The number of benzene rings is 1. The number of aryl methyl sites for hydroxylation is 1. The van der Waals surface area contributed by atoms with Crippen LogP contribution < -0.4 is 0 Å². The molecule has 2 aromatic heterocycles. The number of oxazole rings is 1. The van der Waals surface area contributed by atoms with Crippen LogP contribution in [-0.2, 0) is 16.4 Å². The number of thioether (sulfide) groups is 1. The van der Waals surface area contributed by atoms with E-state index in [4.69, 9.17) is 4.42 Å². The maximum atomic E-state index is 12.3. The maximum Gasteiger partial charge on any atom is 0.257 e. The summed E-state index contributed by atoms with van der Waals surface area (Å²) in [7, 11) is -0.577. The number of hydrogen-bond acceptors (Lipinski definition) is 7. The molecule has 3 aromatic rings. The number of rotatable bonds is 7. The Labute approximate surface area is 160 Å². The molecule has 2 heterocycles. The first-order valence-electron chi connectivity index (χ1n) is 7.89. The fraction of sp³-hybridized carbons (Fsp3) is 0.294. The molecule has 0 saturated carbocycles. The van der Waals surface area contributed by atoms with Crippen LogP contribution >= 0.6 is 23.1 Å². The maximum absolute atomic E-state index is 12.3. The van der Waals surface area contributed by atoms with Crippen LogP contribution in [0.1, 0.15) is 21.5 Å². The van der Waals surface area contributed by atoms with Crippen molar-refractivity contribution in [3.8, 4) is 0 Å². The first-order valence-corrected chi connectivity index (χ1v) is 11.1. The van der Waals surface area contributed by atoms with E-state index in [2.05, 4.69) is 11.9 Å². The Morgan fingerprint density at radius 2 is 2.04 bits per heavy atom. The molecule has 0 N–H and O–H groups in total. The van der Waals surface area contributed by atoms with Gasteiger partial charge in [0.05, 0.1) is 15.5 Å². The largest absolute Gasteiger partial charge is 0.431 e. The quantitative estimate of drug-likeness (QED) is 0.437. The third-order valence-electron chi connectivity index (χ3n) is 3.73. The van der Waals surface area contributed by atoms with Crippen LogP contribution in [0, 0.1) is 0 Å². The van der Waals surface area contributed by atoms with Crippen LogP contribution in [0.4, 0.5) is 0 Å². The molecule has 0 spiro atoms. The van der Waals surface area contributed by atoms with Gasteiger partial charge >= 0.3 is 0 Å². The highest BCUT2D eigenvalue weighted by molar-refractivity contribution is 7.99. The van der Waals surface area contributed by atoms with E-state index in [-0.39, 0.29) is 16.4 Å². The number of nitrogens with zero attached hydrogens (tertiary/aromatic N) is 2. The molecule has 0 amide bonds. The fourth-order valence-corrected chi connectivity index (χ4v) is 4.86. The van der Waals surface area contributed by atoms with Crippen molar-refractivity contribution in [2.45, 2.75) is 23.5 Å². The van der Waals surface area contributed by atoms with Crippen LogP contribution in [-0.4, -0.2) is 43.3 Å². The summed E-state index contributed by atoms with van der Waals surface area (Å²) in [5, 5.41) is 0.347. The van der Waals surface area contributed by atoms with E-state index in [9.17, 15) is 13.2 Å². The summed E-state index contributed by atoms with van der Waals surface area (Å²) in [6.07, 6.45) is 0.911. The zero-order chi connectivity index (χ0) is 18.9. The molecule has 0 unspecified atom stereocenters. The Bertz CT molecular complexity index is 1050. The smallest absolute Gasteiger partial charge is 0.257 e. The van der Waals surface area contributed by atoms with Gasteiger partial charge in [-0.1, -0.05) is 18.7 Å².